The van der Waals surface area contributed by atoms with Gasteiger partial charge in [-0.3, -0.25) is 4.79 Å². The van der Waals surface area contributed by atoms with E-state index in [9.17, 15) is 4.79 Å². The lowest BCUT2D eigenvalue weighted by Gasteiger charge is -2.06. The van der Waals surface area contributed by atoms with E-state index >= 15 is 0 Å². The van der Waals surface area contributed by atoms with Crippen molar-refractivity contribution in [3.05, 3.63) is 82.3 Å². The van der Waals surface area contributed by atoms with Gasteiger partial charge in [-0.2, -0.15) is 0 Å². The summed E-state index contributed by atoms with van der Waals surface area (Å²) in [6.45, 7) is 2.11. The van der Waals surface area contributed by atoms with Crippen molar-refractivity contribution >= 4 is 38.6 Å². The monoisotopic (exact) mass is 420 g/mol. The van der Waals surface area contributed by atoms with Gasteiger partial charge in [0.05, 0.1) is 0 Å². The maximum absolute atomic E-state index is 12.5. The van der Waals surface area contributed by atoms with Gasteiger partial charge in [-0.1, -0.05) is 41.1 Å². The molecule has 0 unspecified atom stereocenters. The molecule has 0 aliphatic rings. The molecule has 4 rings (SSSR count). The number of fused-ring (bicyclic) bond motifs is 1. The van der Waals surface area contributed by atoms with Crippen LogP contribution in [0.2, 0.25) is 0 Å². The number of aromatic nitrogens is 1. The SMILES string of the molecule is CCc1ccc2oc(-c3cccc(NC(=O)c4cccc(Br)c4)c3)nc2c1. The van der Waals surface area contributed by atoms with Crippen molar-refractivity contribution in [3.63, 3.8) is 0 Å². The van der Waals surface area contributed by atoms with Crippen molar-refractivity contribution in [2.24, 2.45) is 0 Å². The van der Waals surface area contributed by atoms with Gasteiger partial charge in [-0.05, 0) is 60.5 Å². The van der Waals surface area contributed by atoms with Crippen molar-refractivity contribution in [2.45, 2.75) is 13.3 Å². The van der Waals surface area contributed by atoms with Crippen molar-refractivity contribution in [2.75, 3.05) is 5.32 Å². The molecule has 1 aromatic heterocycles. The van der Waals surface area contributed by atoms with Gasteiger partial charge in [0, 0.05) is 21.3 Å². The fraction of sp³-hybridized carbons (Fsp3) is 0.0909. The Labute approximate surface area is 165 Å². The number of rotatable bonds is 4. The normalized spacial score (nSPS) is 10.9. The van der Waals surface area contributed by atoms with Crippen LogP contribution >= 0.6 is 15.9 Å². The number of hydrogen-bond acceptors (Lipinski definition) is 3. The predicted octanol–water partition coefficient (Wildman–Crippen LogP) is 6.07. The summed E-state index contributed by atoms with van der Waals surface area (Å²) in [6.07, 6.45) is 0.954. The molecule has 0 atom stereocenters. The van der Waals surface area contributed by atoms with Gasteiger partial charge in [0.25, 0.3) is 5.91 Å². The molecule has 0 radical (unpaired) electrons. The predicted molar refractivity (Wildman–Crippen MR) is 111 cm³/mol. The summed E-state index contributed by atoms with van der Waals surface area (Å²) < 4.78 is 6.75. The van der Waals surface area contributed by atoms with Gasteiger partial charge in [0.2, 0.25) is 5.89 Å². The number of amides is 1. The standard InChI is InChI=1S/C22H17BrN2O2/c1-2-14-9-10-20-19(11-14)25-22(27-20)16-6-4-8-18(13-16)24-21(26)15-5-3-7-17(23)12-15/h3-13H,2H2,1H3,(H,24,26). The summed E-state index contributed by atoms with van der Waals surface area (Å²) in [5, 5.41) is 2.92. The van der Waals surface area contributed by atoms with Crippen LogP contribution in [-0.2, 0) is 6.42 Å². The number of anilines is 1. The lowest BCUT2D eigenvalue weighted by atomic mass is 10.1. The van der Waals surface area contributed by atoms with Crippen LogP contribution < -0.4 is 5.32 Å². The van der Waals surface area contributed by atoms with E-state index in [0.717, 1.165) is 27.6 Å². The zero-order chi connectivity index (χ0) is 18.8. The maximum Gasteiger partial charge on any atom is 0.255 e. The third-order valence-electron chi connectivity index (χ3n) is 4.31. The molecule has 0 saturated carbocycles. The Morgan fingerprint density at radius 2 is 1.93 bits per heavy atom. The van der Waals surface area contributed by atoms with Crippen molar-refractivity contribution in [3.8, 4) is 11.5 Å². The first kappa shape index (κ1) is 17.5. The number of benzene rings is 3. The number of aryl methyl sites for hydroxylation is 1. The molecule has 4 aromatic rings. The Kier molecular flexibility index (Phi) is 4.77. The van der Waals surface area contributed by atoms with Crippen LogP contribution in [0.4, 0.5) is 5.69 Å². The minimum Gasteiger partial charge on any atom is -0.436 e. The zero-order valence-corrected chi connectivity index (χ0v) is 16.3. The second-order valence-corrected chi connectivity index (χ2v) is 7.14. The summed E-state index contributed by atoms with van der Waals surface area (Å²) in [6, 6.07) is 20.8. The van der Waals surface area contributed by atoms with Gasteiger partial charge in [-0.15, -0.1) is 0 Å². The average molecular weight is 421 g/mol. The lowest BCUT2D eigenvalue weighted by molar-refractivity contribution is 0.102. The summed E-state index contributed by atoms with van der Waals surface area (Å²) in [4.78, 5) is 17.1. The second kappa shape index (κ2) is 7.37. The molecule has 27 heavy (non-hydrogen) atoms. The zero-order valence-electron chi connectivity index (χ0n) is 14.7. The van der Waals surface area contributed by atoms with Crippen LogP contribution in [0.5, 0.6) is 0 Å². The lowest BCUT2D eigenvalue weighted by Crippen LogP contribution is -2.11. The molecule has 0 aliphatic heterocycles. The van der Waals surface area contributed by atoms with Gasteiger partial charge >= 0.3 is 0 Å². The van der Waals surface area contributed by atoms with Crippen LogP contribution in [0.1, 0.15) is 22.8 Å². The molecule has 4 nitrogen and oxygen atoms in total. The quantitative estimate of drug-likeness (QED) is 0.435. The minimum atomic E-state index is -0.168. The number of carbonyl (C=O) groups excluding carboxylic acids is 1. The summed E-state index contributed by atoms with van der Waals surface area (Å²) in [5.41, 5.74) is 4.91. The fourth-order valence-corrected chi connectivity index (χ4v) is 3.28. The summed E-state index contributed by atoms with van der Waals surface area (Å²) in [5.74, 6) is 0.371. The molecule has 0 aliphatic carbocycles. The van der Waals surface area contributed by atoms with E-state index in [4.69, 9.17) is 4.42 Å². The van der Waals surface area contributed by atoms with Crippen LogP contribution in [0.15, 0.2) is 75.6 Å². The number of hydrogen-bond donors (Lipinski definition) is 1. The number of oxazole rings is 1. The molecule has 5 heteroatoms. The van der Waals surface area contributed by atoms with Crippen LogP contribution in [0.25, 0.3) is 22.6 Å². The molecule has 134 valence electrons. The van der Waals surface area contributed by atoms with Crippen molar-refractivity contribution in [1.29, 1.82) is 0 Å². The van der Waals surface area contributed by atoms with Crippen molar-refractivity contribution in [1.82, 2.24) is 4.98 Å². The number of halogens is 1. The van der Waals surface area contributed by atoms with E-state index in [0.29, 0.717) is 17.1 Å². The highest BCUT2D eigenvalue weighted by molar-refractivity contribution is 9.10. The fourth-order valence-electron chi connectivity index (χ4n) is 2.88. The molecular weight excluding hydrogens is 404 g/mol. The van der Waals surface area contributed by atoms with Gasteiger partial charge < -0.3 is 9.73 Å². The van der Waals surface area contributed by atoms with E-state index in [2.05, 4.69) is 33.2 Å². The van der Waals surface area contributed by atoms with Gasteiger partial charge in [0.15, 0.2) is 5.58 Å². The van der Waals surface area contributed by atoms with Crippen LogP contribution in [0.3, 0.4) is 0 Å². The number of nitrogens with zero attached hydrogens (tertiary/aromatic N) is 1. The molecule has 0 fully saturated rings. The van der Waals surface area contributed by atoms with E-state index in [1.165, 1.54) is 5.56 Å². The molecule has 1 N–H and O–H groups in total. The number of nitrogens with one attached hydrogen (secondary N) is 1. The smallest absolute Gasteiger partial charge is 0.255 e. The largest absolute Gasteiger partial charge is 0.436 e. The third-order valence-corrected chi connectivity index (χ3v) is 4.81. The first-order valence-corrected chi connectivity index (χ1v) is 9.48. The number of carbonyl (C=O) groups is 1. The average Bonchev–Trinajstić information content (AvgIpc) is 3.11. The maximum atomic E-state index is 12.5. The second-order valence-electron chi connectivity index (χ2n) is 6.22. The highest BCUT2D eigenvalue weighted by atomic mass is 79.9. The highest BCUT2D eigenvalue weighted by Gasteiger charge is 2.11. The van der Waals surface area contributed by atoms with Gasteiger partial charge in [-0.25, -0.2) is 4.98 Å². The molecule has 0 saturated heterocycles. The van der Waals surface area contributed by atoms with Gasteiger partial charge in [0.1, 0.15) is 5.52 Å². The molecule has 1 amide bonds. The molecular formula is C22H17BrN2O2. The Balaban J connectivity index is 1.61. The minimum absolute atomic E-state index is 0.168. The Morgan fingerprint density at radius 3 is 2.74 bits per heavy atom. The molecule has 0 spiro atoms. The molecule has 1 heterocycles. The Morgan fingerprint density at radius 1 is 1.07 bits per heavy atom. The van der Waals surface area contributed by atoms with E-state index < -0.39 is 0 Å². The molecule has 0 bridgehead atoms. The third kappa shape index (κ3) is 3.78. The van der Waals surface area contributed by atoms with E-state index in [-0.39, 0.29) is 5.91 Å². The van der Waals surface area contributed by atoms with Crippen molar-refractivity contribution < 1.29 is 9.21 Å². The Hall–Kier alpha value is -2.92. The Bertz CT molecular complexity index is 1130. The van der Waals surface area contributed by atoms with Crippen LogP contribution in [0, 0.1) is 0 Å². The summed E-state index contributed by atoms with van der Waals surface area (Å²) >= 11 is 3.38. The highest BCUT2D eigenvalue weighted by Crippen LogP contribution is 2.27. The van der Waals surface area contributed by atoms with Crippen LogP contribution in [-0.4, -0.2) is 10.9 Å². The topological polar surface area (TPSA) is 55.1 Å². The van der Waals surface area contributed by atoms with E-state index in [1.807, 2.05) is 54.6 Å². The summed E-state index contributed by atoms with van der Waals surface area (Å²) in [7, 11) is 0. The van der Waals surface area contributed by atoms with E-state index in [1.54, 1.807) is 12.1 Å². The first-order chi connectivity index (χ1) is 13.1. The first-order valence-electron chi connectivity index (χ1n) is 8.69. The molecule has 3 aromatic carbocycles.